The molecule has 0 radical (unpaired) electrons. The number of hydrogen-bond acceptors (Lipinski definition) is 6. The molecule has 0 saturated carbocycles. The number of anilines is 1. The van der Waals surface area contributed by atoms with Crippen LogP contribution in [-0.4, -0.2) is 46.8 Å². The van der Waals surface area contributed by atoms with E-state index in [0.29, 0.717) is 20.8 Å². The van der Waals surface area contributed by atoms with Gasteiger partial charge in [0, 0.05) is 19.7 Å². The number of nitrogens with one attached hydrogen (secondary N) is 1. The van der Waals surface area contributed by atoms with Crippen LogP contribution in [0.1, 0.15) is 15.9 Å². The number of hydrogen-bond donors (Lipinski definition) is 1. The maximum Gasteiger partial charge on any atom is 0.257 e. The molecule has 6 nitrogen and oxygen atoms in total. The van der Waals surface area contributed by atoms with E-state index in [4.69, 9.17) is 0 Å². The first-order chi connectivity index (χ1) is 10.5. The van der Waals surface area contributed by atoms with E-state index in [1.807, 2.05) is 19.1 Å². The number of carbonyl (C=O) groups is 2. The van der Waals surface area contributed by atoms with Crippen molar-refractivity contribution in [2.45, 2.75) is 11.3 Å². The van der Waals surface area contributed by atoms with Crippen molar-refractivity contribution in [3.8, 4) is 0 Å². The summed E-state index contributed by atoms with van der Waals surface area (Å²) >= 11 is 2.56. The molecule has 1 aromatic carbocycles. The van der Waals surface area contributed by atoms with Crippen molar-refractivity contribution in [1.29, 1.82) is 0 Å². The maximum atomic E-state index is 12.1. The summed E-state index contributed by atoms with van der Waals surface area (Å²) in [6, 6.07) is 7.28. The Hall–Kier alpha value is -1.93. The lowest BCUT2D eigenvalue weighted by atomic mass is 10.1. The monoisotopic (exact) mass is 336 g/mol. The molecule has 1 heterocycles. The van der Waals surface area contributed by atoms with Crippen LogP contribution in [0.3, 0.4) is 0 Å². The lowest BCUT2D eigenvalue weighted by Crippen LogP contribution is -2.23. The highest BCUT2D eigenvalue weighted by atomic mass is 32.2. The first-order valence-corrected chi connectivity index (χ1v) is 8.30. The van der Waals surface area contributed by atoms with Crippen LogP contribution in [0.25, 0.3) is 0 Å². The van der Waals surface area contributed by atoms with E-state index in [1.54, 1.807) is 26.2 Å². The second kappa shape index (κ2) is 7.37. The number of aryl methyl sites for hydroxylation is 1. The highest BCUT2D eigenvalue weighted by molar-refractivity contribution is 8.01. The summed E-state index contributed by atoms with van der Waals surface area (Å²) in [5.41, 5.74) is 1.66. The Balaban J connectivity index is 1.93. The molecule has 2 rings (SSSR count). The topological polar surface area (TPSA) is 75.2 Å². The van der Waals surface area contributed by atoms with Gasteiger partial charge in [-0.15, -0.1) is 10.2 Å². The Labute approximate surface area is 136 Å². The molecule has 0 aliphatic heterocycles. The van der Waals surface area contributed by atoms with Crippen LogP contribution in [0.15, 0.2) is 28.6 Å². The molecular formula is C14H16N4O2S2. The van der Waals surface area contributed by atoms with Crippen LogP contribution in [-0.2, 0) is 4.79 Å². The normalized spacial score (nSPS) is 10.3. The summed E-state index contributed by atoms with van der Waals surface area (Å²) in [6.45, 7) is 1.96. The van der Waals surface area contributed by atoms with Gasteiger partial charge in [-0.25, -0.2) is 0 Å². The summed E-state index contributed by atoms with van der Waals surface area (Å²) < 4.78 is 0.648. The van der Waals surface area contributed by atoms with Gasteiger partial charge in [-0.3, -0.25) is 14.9 Å². The zero-order chi connectivity index (χ0) is 16.1. The van der Waals surface area contributed by atoms with Crippen LogP contribution in [0.4, 0.5) is 5.13 Å². The summed E-state index contributed by atoms with van der Waals surface area (Å²) in [4.78, 5) is 25.1. The molecule has 1 N–H and O–H groups in total. The van der Waals surface area contributed by atoms with E-state index >= 15 is 0 Å². The third-order valence-electron chi connectivity index (χ3n) is 2.76. The predicted octanol–water partition coefficient (Wildman–Crippen LogP) is 2.28. The summed E-state index contributed by atoms with van der Waals surface area (Å²) in [5, 5.41) is 11.0. The van der Waals surface area contributed by atoms with E-state index in [1.165, 1.54) is 28.0 Å². The summed E-state index contributed by atoms with van der Waals surface area (Å²) in [7, 11) is 3.41. The molecule has 2 aromatic rings. The van der Waals surface area contributed by atoms with Gasteiger partial charge in [-0.1, -0.05) is 40.8 Å². The molecule has 0 saturated heterocycles. The smallest absolute Gasteiger partial charge is 0.257 e. The van der Waals surface area contributed by atoms with Gasteiger partial charge >= 0.3 is 0 Å². The van der Waals surface area contributed by atoms with Crippen molar-refractivity contribution in [2.75, 3.05) is 25.2 Å². The van der Waals surface area contributed by atoms with Gasteiger partial charge in [-0.2, -0.15) is 0 Å². The molecule has 0 fully saturated rings. The zero-order valence-corrected chi connectivity index (χ0v) is 14.1. The van der Waals surface area contributed by atoms with Gasteiger partial charge < -0.3 is 4.90 Å². The lowest BCUT2D eigenvalue weighted by Gasteiger charge is -2.07. The molecule has 0 aliphatic carbocycles. The molecule has 1 aromatic heterocycles. The molecule has 8 heteroatoms. The van der Waals surface area contributed by atoms with Gasteiger partial charge in [0.2, 0.25) is 11.0 Å². The van der Waals surface area contributed by atoms with E-state index in [-0.39, 0.29) is 11.8 Å². The largest absolute Gasteiger partial charge is 0.348 e. The highest BCUT2D eigenvalue weighted by Gasteiger charge is 2.12. The first kappa shape index (κ1) is 16.4. The number of amides is 2. The van der Waals surface area contributed by atoms with E-state index in [2.05, 4.69) is 15.5 Å². The van der Waals surface area contributed by atoms with Gasteiger partial charge in [0.25, 0.3) is 5.91 Å². The number of carbonyl (C=O) groups excluding carboxylic acids is 2. The Morgan fingerprint density at radius 1 is 1.23 bits per heavy atom. The number of aromatic nitrogens is 2. The van der Waals surface area contributed by atoms with Crippen LogP contribution in [0.5, 0.6) is 0 Å². The zero-order valence-electron chi connectivity index (χ0n) is 12.5. The first-order valence-electron chi connectivity index (χ1n) is 6.50. The molecule has 0 spiro atoms. The average Bonchev–Trinajstić information content (AvgIpc) is 2.92. The Morgan fingerprint density at radius 3 is 2.55 bits per heavy atom. The van der Waals surface area contributed by atoms with Crippen molar-refractivity contribution >= 4 is 40.0 Å². The fourth-order valence-electron chi connectivity index (χ4n) is 1.45. The summed E-state index contributed by atoms with van der Waals surface area (Å²) in [6.07, 6.45) is 0. The predicted molar refractivity (Wildman–Crippen MR) is 88.5 cm³/mol. The van der Waals surface area contributed by atoms with Crippen LogP contribution < -0.4 is 5.32 Å². The minimum absolute atomic E-state index is 0.00504. The van der Waals surface area contributed by atoms with Crippen molar-refractivity contribution in [1.82, 2.24) is 15.1 Å². The van der Waals surface area contributed by atoms with E-state index in [9.17, 15) is 9.59 Å². The second-order valence-electron chi connectivity index (χ2n) is 4.77. The number of rotatable bonds is 5. The van der Waals surface area contributed by atoms with Crippen LogP contribution in [0, 0.1) is 6.92 Å². The Morgan fingerprint density at radius 2 is 1.91 bits per heavy atom. The van der Waals surface area contributed by atoms with Gasteiger partial charge in [0.05, 0.1) is 5.75 Å². The maximum absolute atomic E-state index is 12.1. The quantitative estimate of drug-likeness (QED) is 0.670. The van der Waals surface area contributed by atoms with Gasteiger partial charge in [-0.05, 0) is 19.1 Å². The minimum Gasteiger partial charge on any atom is -0.348 e. The molecule has 22 heavy (non-hydrogen) atoms. The SMILES string of the molecule is Cc1ccc(C(=O)Nc2nnc(SCC(=O)N(C)C)s2)cc1. The molecule has 0 bridgehead atoms. The minimum atomic E-state index is -0.225. The molecule has 0 aliphatic rings. The third-order valence-corrected chi connectivity index (χ3v) is 4.72. The van der Waals surface area contributed by atoms with Crippen molar-refractivity contribution in [2.24, 2.45) is 0 Å². The number of nitrogens with zero attached hydrogens (tertiary/aromatic N) is 3. The second-order valence-corrected chi connectivity index (χ2v) is 6.97. The molecule has 0 unspecified atom stereocenters. The van der Waals surface area contributed by atoms with Gasteiger partial charge in [0.15, 0.2) is 4.34 Å². The van der Waals surface area contributed by atoms with Crippen molar-refractivity contribution in [3.63, 3.8) is 0 Å². The fraction of sp³-hybridized carbons (Fsp3) is 0.286. The molecule has 116 valence electrons. The van der Waals surface area contributed by atoms with Crippen molar-refractivity contribution < 1.29 is 9.59 Å². The van der Waals surface area contributed by atoms with Crippen LogP contribution >= 0.6 is 23.1 Å². The lowest BCUT2D eigenvalue weighted by molar-refractivity contribution is -0.125. The Bertz CT molecular complexity index is 668. The molecule has 0 atom stereocenters. The molecule has 2 amide bonds. The molecular weight excluding hydrogens is 320 g/mol. The number of thioether (sulfide) groups is 1. The average molecular weight is 336 g/mol. The van der Waals surface area contributed by atoms with Gasteiger partial charge in [0.1, 0.15) is 0 Å². The summed E-state index contributed by atoms with van der Waals surface area (Å²) in [5.74, 6) is 0.0792. The Kier molecular flexibility index (Phi) is 5.51. The standard InChI is InChI=1S/C14H16N4O2S2/c1-9-4-6-10(7-5-9)12(20)15-13-16-17-14(22-13)21-8-11(19)18(2)3/h4-7H,8H2,1-3H3,(H,15,16,20). The van der Waals surface area contributed by atoms with Crippen molar-refractivity contribution in [3.05, 3.63) is 35.4 Å². The van der Waals surface area contributed by atoms with E-state index < -0.39 is 0 Å². The van der Waals surface area contributed by atoms with Crippen LogP contribution in [0.2, 0.25) is 0 Å². The van der Waals surface area contributed by atoms with E-state index in [0.717, 1.165) is 5.56 Å². The highest BCUT2D eigenvalue weighted by Crippen LogP contribution is 2.25. The fourth-order valence-corrected chi connectivity index (χ4v) is 3.17. The number of benzene rings is 1. The third kappa shape index (κ3) is 4.54.